The molecule has 0 saturated heterocycles. The van der Waals surface area contributed by atoms with E-state index in [9.17, 15) is 0 Å². The fourth-order valence-electron chi connectivity index (χ4n) is 0.709. The van der Waals surface area contributed by atoms with Crippen LogP contribution in [0.15, 0.2) is 18.5 Å². The fraction of sp³-hybridized carbons (Fsp3) is 0.286. The van der Waals surface area contributed by atoms with Crippen LogP contribution in [0.5, 0.6) is 0 Å². The second-order valence-electron chi connectivity index (χ2n) is 2.01. The molecule has 0 fully saturated rings. The Balaban J connectivity index is 3.03. The molecule has 0 saturated carbocycles. The Morgan fingerprint density at radius 2 is 2.30 bits per heavy atom. The molecule has 0 N–H and O–H groups in total. The first-order chi connectivity index (χ1) is 4.72. The summed E-state index contributed by atoms with van der Waals surface area (Å²) in [6.45, 7) is 1.88. The molecule has 0 aliphatic rings. The first-order valence-corrected chi connectivity index (χ1v) is 3.76. The molecule has 1 rings (SSSR count). The molecule has 54 valence electrons. The summed E-state index contributed by atoms with van der Waals surface area (Å²) in [6, 6.07) is 1.82. The van der Waals surface area contributed by atoms with Crippen molar-refractivity contribution < 1.29 is 0 Å². The van der Waals surface area contributed by atoms with Crippen molar-refractivity contribution in [2.45, 2.75) is 12.3 Å². The number of rotatable bonds is 1. The smallest absolute Gasteiger partial charge is 0.0636 e. The van der Waals surface area contributed by atoms with Crippen molar-refractivity contribution in [2.75, 3.05) is 0 Å². The summed E-state index contributed by atoms with van der Waals surface area (Å²) in [5, 5.41) is 0.584. The summed E-state index contributed by atoms with van der Waals surface area (Å²) in [6.07, 6.45) is 3.27. The van der Waals surface area contributed by atoms with E-state index in [-0.39, 0.29) is 5.38 Å². The molecule has 1 nitrogen and oxygen atoms in total. The normalized spacial score (nSPS) is 13.1. The highest BCUT2D eigenvalue weighted by Crippen LogP contribution is 2.25. The lowest BCUT2D eigenvalue weighted by atomic mass is 10.2. The predicted octanol–water partition coefficient (Wildman–Crippen LogP) is 3.03. The van der Waals surface area contributed by atoms with Gasteiger partial charge in [0.15, 0.2) is 0 Å². The van der Waals surface area contributed by atoms with E-state index in [1.807, 2.05) is 13.0 Å². The lowest BCUT2D eigenvalue weighted by Gasteiger charge is -2.03. The first kappa shape index (κ1) is 7.83. The van der Waals surface area contributed by atoms with Gasteiger partial charge in [-0.3, -0.25) is 4.98 Å². The van der Waals surface area contributed by atoms with E-state index >= 15 is 0 Å². The van der Waals surface area contributed by atoms with Crippen molar-refractivity contribution in [2.24, 2.45) is 0 Å². The number of alkyl halides is 1. The van der Waals surface area contributed by atoms with E-state index in [1.54, 1.807) is 12.4 Å². The Morgan fingerprint density at radius 3 is 2.70 bits per heavy atom. The van der Waals surface area contributed by atoms with Crippen LogP contribution >= 0.6 is 23.2 Å². The van der Waals surface area contributed by atoms with Crippen LogP contribution in [-0.4, -0.2) is 4.98 Å². The van der Waals surface area contributed by atoms with E-state index in [0.717, 1.165) is 5.56 Å². The van der Waals surface area contributed by atoms with Crippen LogP contribution in [0, 0.1) is 0 Å². The van der Waals surface area contributed by atoms with Gasteiger partial charge in [-0.25, -0.2) is 0 Å². The topological polar surface area (TPSA) is 12.9 Å². The van der Waals surface area contributed by atoms with Gasteiger partial charge in [0.1, 0.15) is 0 Å². The molecule has 0 spiro atoms. The van der Waals surface area contributed by atoms with Crippen LogP contribution in [0.25, 0.3) is 0 Å². The monoisotopic (exact) mass is 175 g/mol. The first-order valence-electron chi connectivity index (χ1n) is 2.95. The van der Waals surface area contributed by atoms with Gasteiger partial charge in [-0.2, -0.15) is 0 Å². The number of aromatic nitrogens is 1. The minimum atomic E-state index is -0.0458. The van der Waals surface area contributed by atoms with Crippen LogP contribution < -0.4 is 0 Å². The molecule has 0 bridgehead atoms. The molecule has 0 aliphatic carbocycles. The zero-order chi connectivity index (χ0) is 7.56. The Bertz CT molecular complexity index is 223. The van der Waals surface area contributed by atoms with E-state index in [0.29, 0.717) is 5.02 Å². The van der Waals surface area contributed by atoms with Gasteiger partial charge in [0.05, 0.1) is 10.4 Å². The lowest BCUT2D eigenvalue weighted by Crippen LogP contribution is -1.85. The highest BCUT2D eigenvalue weighted by Gasteiger charge is 2.04. The summed E-state index contributed by atoms with van der Waals surface area (Å²) >= 11 is 11.6. The maximum atomic E-state index is 5.80. The summed E-state index contributed by atoms with van der Waals surface area (Å²) < 4.78 is 0. The van der Waals surface area contributed by atoms with E-state index in [2.05, 4.69) is 4.98 Å². The van der Waals surface area contributed by atoms with Crippen LogP contribution in [0.3, 0.4) is 0 Å². The van der Waals surface area contributed by atoms with Gasteiger partial charge >= 0.3 is 0 Å². The molecule has 1 aromatic heterocycles. The molecule has 0 aliphatic heterocycles. The van der Waals surface area contributed by atoms with E-state index in [4.69, 9.17) is 23.2 Å². The van der Waals surface area contributed by atoms with Gasteiger partial charge in [0, 0.05) is 12.4 Å². The van der Waals surface area contributed by atoms with E-state index < -0.39 is 0 Å². The Labute approximate surface area is 70.0 Å². The molecule has 1 heterocycles. The van der Waals surface area contributed by atoms with Gasteiger partial charge in [-0.05, 0) is 18.6 Å². The third kappa shape index (κ3) is 1.61. The quantitative estimate of drug-likeness (QED) is 0.599. The molecule has 0 unspecified atom stereocenters. The third-order valence-corrected chi connectivity index (χ3v) is 1.78. The number of hydrogen-bond acceptors (Lipinski definition) is 1. The predicted molar refractivity (Wildman–Crippen MR) is 43.5 cm³/mol. The molecule has 1 atom stereocenters. The number of pyridine rings is 1. The minimum absolute atomic E-state index is 0.0458. The van der Waals surface area contributed by atoms with E-state index in [1.165, 1.54) is 0 Å². The molecule has 0 radical (unpaired) electrons. The van der Waals surface area contributed by atoms with Crippen molar-refractivity contribution in [1.29, 1.82) is 0 Å². The standard InChI is InChI=1S/C7H7Cl2N/c1-5(8)6-2-3-10-4-7(6)9/h2-5H,1H3/t5-/m1/s1. The Morgan fingerprint density at radius 1 is 1.60 bits per heavy atom. The minimum Gasteiger partial charge on any atom is -0.263 e. The second-order valence-corrected chi connectivity index (χ2v) is 3.08. The average Bonchev–Trinajstić information content (AvgIpc) is 1.88. The van der Waals surface area contributed by atoms with Gasteiger partial charge in [-0.15, -0.1) is 11.6 Å². The van der Waals surface area contributed by atoms with Crippen molar-refractivity contribution in [1.82, 2.24) is 4.98 Å². The molecular formula is C7H7Cl2N. The van der Waals surface area contributed by atoms with Gasteiger partial charge in [0.2, 0.25) is 0 Å². The Kier molecular flexibility index (Phi) is 2.52. The molecule has 0 aromatic carbocycles. The largest absolute Gasteiger partial charge is 0.263 e. The molecule has 3 heteroatoms. The van der Waals surface area contributed by atoms with Crippen LogP contribution in [0.4, 0.5) is 0 Å². The fourth-order valence-corrected chi connectivity index (χ4v) is 1.24. The summed E-state index contributed by atoms with van der Waals surface area (Å²) in [7, 11) is 0. The average molecular weight is 176 g/mol. The van der Waals surface area contributed by atoms with Crippen LogP contribution in [0.2, 0.25) is 5.02 Å². The van der Waals surface area contributed by atoms with Gasteiger partial charge in [-0.1, -0.05) is 11.6 Å². The van der Waals surface area contributed by atoms with Crippen molar-refractivity contribution >= 4 is 23.2 Å². The number of halogens is 2. The summed E-state index contributed by atoms with van der Waals surface area (Å²) in [5.41, 5.74) is 0.929. The molecule has 1 aromatic rings. The van der Waals surface area contributed by atoms with Crippen LogP contribution in [0.1, 0.15) is 17.9 Å². The van der Waals surface area contributed by atoms with Crippen molar-refractivity contribution in [3.63, 3.8) is 0 Å². The zero-order valence-electron chi connectivity index (χ0n) is 5.51. The number of nitrogens with zero attached hydrogens (tertiary/aromatic N) is 1. The molecule has 10 heavy (non-hydrogen) atoms. The molecular weight excluding hydrogens is 169 g/mol. The van der Waals surface area contributed by atoms with Crippen molar-refractivity contribution in [3.8, 4) is 0 Å². The lowest BCUT2D eigenvalue weighted by molar-refractivity contribution is 1.07. The SMILES string of the molecule is C[C@@H](Cl)c1ccncc1Cl. The maximum absolute atomic E-state index is 5.80. The number of hydrogen-bond donors (Lipinski definition) is 0. The molecule has 0 amide bonds. The second kappa shape index (κ2) is 3.22. The van der Waals surface area contributed by atoms with Crippen molar-refractivity contribution in [3.05, 3.63) is 29.0 Å². The maximum Gasteiger partial charge on any atom is 0.0636 e. The summed E-state index contributed by atoms with van der Waals surface area (Å²) in [5.74, 6) is 0. The van der Waals surface area contributed by atoms with Gasteiger partial charge in [0.25, 0.3) is 0 Å². The summed E-state index contributed by atoms with van der Waals surface area (Å²) in [4.78, 5) is 3.84. The third-order valence-electron chi connectivity index (χ3n) is 1.23. The Hall–Kier alpha value is -0.270. The van der Waals surface area contributed by atoms with Gasteiger partial charge < -0.3 is 0 Å². The van der Waals surface area contributed by atoms with Crippen LogP contribution in [-0.2, 0) is 0 Å². The highest BCUT2D eigenvalue weighted by atomic mass is 35.5. The highest BCUT2D eigenvalue weighted by molar-refractivity contribution is 6.32. The zero-order valence-corrected chi connectivity index (χ0v) is 7.02.